The second-order valence-corrected chi connectivity index (χ2v) is 6.94. The second kappa shape index (κ2) is 6.06. The number of amides is 1. The zero-order chi connectivity index (χ0) is 17.6. The Hall–Kier alpha value is -2.56. The summed E-state index contributed by atoms with van der Waals surface area (Å²) in [5, 5.41) is 3.07. The first-order chi connectivity index (χ1) is 12.1. The highest BCUT2D eigenvalue weighted by molar-refractivity contribution is 5.95. The minimum atomic E-state index is 0.0158. The number of hydrogen-bond acceptors (Lipinski definition) is 2. The fourth-order valence-corrected chi connectivity index (χ4v) is 3.76. The van der Waals surface area contributed by atoms with Crippen LogP contribution >= 0.6 is 0 Å². The van der Waals surface area contributed by atoms with Gasteiger partial charge < -0.3 is 14.5 Å². The van der Waals surface area contributed by atoms with Crippen LogP contribution < -0.4 is 5.32 Å². The minimum absolute atomic E-state index is 0.0158. The van der Waals surface area contributed by atoms with Gasteiger partial charge in [0.25, 0.3) is 5.91 Å². The zero-order valence-corrected chi connectivity index (χ0v) is 15.0. The predicted molar refractivity (Wildman–Crippen MR) is 99.0 cm³/mol. The number of rotatable bonds is 5. The first-order valence-electron chi connectivity index (χ1n) is 8.94. The van der Waals surface area contributed by atoms with Crippen molar-refractivity contribution >= 4 is 16.9 Å². The molecule has 1 fully saturated rings. The molecular formula is C20H24N4O. The maximum absolute atomic E-state index is 12.6. The fourth-order valence-electron chi connectivity index (χ4n) is 3.76. The van der Waals surface area contributed by atoms with Crippen LogP contribution in [-0.2, 0) is 6.54 Å². The molecule has 0 saturated heterocycles. The third kappa shape index (κ3) is 2.84. The monoisotopic (exact) mass is 336 g/mol. The lowest BCUT2D eigenvalue weighted by Gasteiger charge is -2.10. The molecule has 3 aromatic rings. The lowest BCUT2D eigenvalue weighted by molar-refractivity contribution is 0.0951. The molecule has 25 heavy (non-hydrogen) atoms. The molecule has 0 atom stereocenters. The van der Waals surface area contributed by atoms with E-state index < -0.39 is 0 Å². The van der Waals surface area contributed by atoms with E-state index in [-0.39, 0.29) is 5.91 Å². The van der Waals surface area contributed by atoms with Crippen LogP contribution in [0.5, 0.6) is 0 Å². The Balaban J connectivity index is 1.46. The Kier molecular flexibility index (Phi) is 3.86. The molecule has 4 rings (SSSR count). The summed E-state index contributed by atoms with van der Waals surface area (Å²) < 4.78 is 4.46. The molecule has 1 amide bonds. The van der Waals surface area contributed by atoms with Crippen LogP contribution in [0.25, 0.3) is 11.0 Å². The number of carbonyl (C=O) groups is 1. The van der Waals surface area contributed by atoms with Crippen molar-refractivity contribution in [2.24, 2.45) is 0 Å². The van der Waals surface area contributed by atoms with E-state index in [2.05, 4.69) is 32.4 Å². The fraction of sp³-hybridized carbons (Fsp3) is 0.400. The molecule has 2 aromatic heterocycles. The maximum Gasteiger partial charge on any atom is 0.253 e. The standard InChI is InChI=1S/C20H24N4O/c1-13-12-17(14(2)24(13)16-8-9-16)20(25)21-10-11-23-15(3)22-18-6-4-5-7-19(18)23/h4-7,12,16H,8-11H2,1-3H3,(H,21,25). The van der Waals surface area contributed by atoms with E-state index in [1.54, 1.807) is 0 Å². The number of aromatic nitrogens is 3. The summed E-state index contributed by atoms with van der Waals surface area (Å²) in [6.45, 7) is 7.45. The van der Waals surface area contributed by atoms with Crippen molar-refractivity contribution < 1.29 is 4.79 Å². The summed E-state index contributed by atoms with van der Waals surface area (Å²) in [6.07, 6.45) is 2.45. The van der Waals surface area contributed by atoms with Gasteiger partial charge in [0.05, 0.1) is 16.6 Å². The molecule has 5 nitrogen and oxygen atoms in total. The van der Waals surface area contributed by atoms with Crippen molar-refractivity contribution in [3.05, 3.63) is 53.1 Å². The van der Waals surface area contributed by atoms with Crippen LogP contribution in [0.1, 0.15) is 46.5 Å². The molecule has 0 bridgehead atoms. The summed E-state index contributed by atoms with van der Waals surface area (Å²) >= 11 is 0. The van der Waals surface area contributed by atoms with Crippen LogP contribution in [-0.4, -0.2) is 26.6 Å². The smallest absolute Gasteiger partial charge is 0.253 e. The molecule has 0 spiro atoms. The molecule has 0 radical (unpaired) electrons. The summed E-state index contributed by atoms with van der Waals surface area (Å²) in [5.41, 5.74) is 5.18. The molecule has 1 saturated carbocycles. The van der Waals surface area contributed by atoms with E-state index in [9.17, 15) is 4.79 Å². The number of nitrogens with one attached hydrogen (secondary N) is 1. The highest BCUT2D eigenvalue weighted by atomic mass is 16.1. The van der Waals surface area contributed by atoms with E-state index in [1.165, 1.54) is 18.5 Å². The van der Waals surface area contributed by atoms with Crippen molar-refractivity contribution in [3.63, 3.8) is 0 Å². The quantitative estimate of drug-likeness (QED) is 0.775. The van der Waals surface area contributed by atoms with Crippen LogP contribution in [0.15, 0.2) is 30.3 Å². The third-order valence-corrected chi connectivity index (χ3v) is 5.11. The van der Waals surface area contributed by atoms with Crippen LogP contribution in [0, 0.1) is 20.8 Å². The topological polar surface area (TPSA) is 51.9 Å². The van der Waals surface area contributed by atoms with E-state index in [4.69, 9.17) is 0 Å². The molecule has 1 aliphatic rings. The Morgan fingerprint density at radius 1 is 1.24 bits per heavy atom. The van der Waals surface area contributed by atoms with Gasteiger partial charge in [0.1, 0.15) is 5.82 Å². The van der Waals surface area contributed by atoms with Crippen LogP contribution in [0.4, 0.5) is 0 Å². The van der Waals surface area contributed by atoms with Gasteiger partial charge in [0.15, 0.2) is 0 Å². The average Bonchev–Trinajstić information content (AvgIpc) is 3.30. The van der Waals surface area contributed by atoms with Gasteiger partial charge in [-0.25, -0.2) is 4.98 Å². The van der Waals surface area contributed by atoms with Crippen LogP contribution in [0.2, 0.25) is 0 Å². The molecule has 1 aromatic carbocycles. The predicted octanol–water partition coefficient (Wildman–Crippen LogP) is 3.53. The normalized spacial score (nSPS) is 14.2. The average molecular weight is 336 g/mol. The summed E-state index contributed by atoms with van der Waals surface area (Å²) in [5.74, 6) is 0.990. The van der Waals surface area contributed by atoms with Crippen molar-refractivity contribution in [2.75, 3.05) is 6.54 Å². The molecule has 0 aliphatic heterocycles. The SMILES string of the molecule is Cc1cc(C(=O)NCCn2c(C)nc3ccccc32)c(C)n1C1CC1. The summed E-state index contributed by atoms with van der Waals surface area (Å²) in [4.78, 5) is 17.2. The maximum atomic E-state index is 12.6. The lowest BCUT2D eigenvalue weighted by Crippen LogP contribution is -2.27. The van der Waals surface area contributed by atoms with Gasteiger partial charge in [0, 0.05) is 30.5 Å². The molecule has 2 heterocycles. The van der Waals surface area contributed by atoms with E-state index in [1.807, 2.05) is 38.1 Å². The van der Waals surface area contributed by atoms with Gasteiger partial charge in [-0.2, -0.15) is 0 Å². The summed E-state index contributed by atoms with van der Waals surface area (Å²) in [6, 6.07) is 10.7. The van der Waals surface area contributed by atoms with E-state index in [0.29, 0.717) is 12.6 Å². The molecule has 1 aliphatic carbocycles. The Morgan fingerprint density at radius 3 is 2.76 bits per heavy atom. The Morgan fingerprint density at radius 2 is 2.00 bits per heavy atom. The Labute approximate surface area is 147 Å². The van der Waals surface area contributed by atoms with Gasteiger partial charge in [0.2, 0.25) is 0 Å². The highest BCUT2D eigenvalue weighted by Gasteiger charge is 2.28. The van der Waals surface area contributed by atoms with Crippen molar-refractivity contribution in [1.29, 1.82) is 0 Å². The number of nitrogens with zero attached hydrogens (tertiary/aromatic N) is 3. The largest absolute Gasteiger partial charge is 0.350 e. The molecule has 5 heteroatoms. The van der Waals surface area contributed by atoms with Gasteiger partial charge >= 0.3 is 0 Å². The highest BCUT2D eigenvalue weighted by Crippen LogP contribution is 2.38. The van der Waals surface area contributed by atoms with Gasteiger partial charge in [-0.15, -0.1) is 0 Å². The molecule has 130 valence electrons. The molecule has 0 unspecified atom stereocenters. The first-order valence-corrected chi connectivity index (χ1v) is 8.94. The van der Waals surface area contributed by atoms with Gasteiger partial charge in [-0.1, -0.05) is 12.1 Å². The Bertz CT molecular complexity index is 946. The van der Waals surface area contributed by atoms with Gasteiger partial charge in [-0.05, 0) is 51.8 Å². The number of carbonyl (C=O) groups excluding carboxylic acids is 1. The molecular weight excluding hydrogens is 312 g/mol. The zero-order valence-electron chi connectivity index (χ0n) is 15.0. The minimum Gasteiger partial charge on any atom is -0.350 e. The van der Waals surface area contributed by atoms with Crippen LogP contribution in [0.3, 0.4) is 0 Å². The molecule has 1 N–H and O–H groups in total. The van der Waals surface area contributed by atoms with E-state index >= 15 is 0 Å². The first kappa shape index (κ1) is 15.9. The van der Waals surface area contributed by atoms with E-state index in [0.717, 1.165) is 34.7 Å². The number of imidazole rings is 1. The van der Waals surface area contributed by atoms with Crippen molar-refractivity contribution in [1.82, 2.24) is 19.4 Å². The number of para-hydroxylation sites is 2. The van der Waals surface area contributed by atoms with Gasteiger partial charge in [-0.3, -0.25) is 4.79 Å². The summed E-state index contributed by atoms with van der Waals surface area (Å²) in [7, 11) is 0. The lowest BCUT2D eigenvalue weighted by atomic mass is 10.2. The van der Waals surface area contributed by atoms with Crippen molar-refractivity contribution in [2.45, 2.75) is 46.2 Å². The number of hydrogen-bond donors (Lipinski definition) is 1. The number of aryl methyl sites for hydroxylation is 2. The van der Waals surface area contributed by atoms with Crippen molar-refractivity contribution in [3.8, 4) is 0 Å². The third-order valence-electron chi connectivity index (χ3n) is 5.11. The number of fused-ring (bicyclic) bond motifs is 1. The number of benzene rings is 1. The second-order valence-electron chi connectivity index (χ2n) is 6.94.